The van der Waals surface area contributed by atoms with E-state index in [4.69, 9.17) is 18.9 Å². The number of ether oxygens (including phenoxy) is 4. The summed E-state index contributed by atoms with van der Waals surface area (Å²) in [6.45, 7) is 3.04. The molecule has 0 spiro atoms. The molecule has 1 aromatic carbocycles. The smallest absolute Gasteiger partial charge is 0.303 e. The number of carbonyl (C=O) groups is 3. The summed E-state index contributed by atoms with van der Waals surface area (Å²) in [5, 5.41) is 24.3. The number of hydrogen-bond acceptors (Lipinski definition) is 12. The van der Waals surface area contributed by atoms with E-state index in [2.05, 4.69) is 21.2 Å². The van der Waals surface area contributed by atoms with Crippen LogP contribution in [0.15, 0.2) is 18.2 Å². The fourth-order valence-electron chi connectivity index (χ4n) is 3.13. The van der Waals surface area contributed by atoms with Crippen LogP contribution in [0.5, 0.6) is 0 Å². The zero-order valence-electron chi connectivity index (χ0n) is 17.6. The number of benzene rings is 1. The van der Waals surface area contributed by atoms with Gasteiger partial charge in [0.15, 0.2) is 12.2 Å². The molecule has 0 unspecified atom stereocenters. The topological polar surface area (TPSA) is 186 Å². The van der Waals surface area contributed by atoms with E-state index < -0.39 is 68.5 Å². The minimum atomic E-state index is -1.26. The Bertz CT molecular complexity index is 957. The average molecular weight is 534 g/mol. The molecule has 0 aromatic heterocycles. The number of nitro benzene ring substituents is 2. The van der Waals surface area contributed by atoms with Gasteiger partial charge in [-0.2, -0.15) is 0 Å². The Kier molecular flexibility index (Phi) is 8.64. The summed E-state index contributed by atoms with van der Waals surface area (Å²) in [6, 6.07) is 1.87. The molecule has 1 N–H and O–H groups in total. The standard InChI is InChI=1S/C18H20BrN3O11/c1-8(23)30-7-14-16(31-9(2)24)17(32-10(3)25)15(18(19)33-14)20-12-5-4-11(21(26)27)6-13(12)22(28)29/h4-6,14-18,20H,7H2,1-3H3/t14-,15+,16-,17-,18+/m1/s1. The van der Waals surface area contributed by atoms with Gasteiger partial charge in [-0.3, -0.25) is 34.6 Å². The van der Waals surface area contributed by atoms with E-state index in [1.165, 1.54) is 0 Å². The van der Waals surface area contributed by atoms with E-state index in [1.54, 1.807) is 0 Å². The number of non-ortho nitro benzene ring substituents is 1. The molecule has 0 amide bonds. The molecule has 0 radical (unpaired) electrons. The van der Waals surface area contributed by atoms with E-state index in [0.29, 0.717) is 0 Å². The maximum Gasteiger partial charge on any atom is 0.303 e. The Morgan fingerprint density at radius 1 is 1.03 bits per heavy atom. The van der Waals surface area contributed by atoms with E-state index >= 15 is 0 Å². The fourth-order valence-corrected chi connectivity index (χ4v) is 3.84. The normalized spacial score (nSPS) is 24.3. The molecule has 0 saturated carbocycles. The second-order valence-electron chi connectivity index (χ2n) is 6.86. The molecule has 2 rings (SSSR count). The van der Waals surface area contributed by atoms with Crippen LogP contribution in [-0.2, 0) is 33.3 Å². The van der Waals surface area contributed by atoms with E-state index in [1.807, 2.05) is 0 Å². The minimum Gasteiger partial charge on any atom is -0.463 e. The Labute approximate surface area is 194 Å². The lowest BCUT2D eigenvalue weighted by molar-refractivity contribution is -0.393. The summed E-state index contributed by atoms with van der Waals surface area (Å²) in [6.07, 6.45) is -3.55. The third kappa shape index (κ3) is 6.82. The molecule has 33 heavy (non-hydrogen) atoms. The van der Waals surface area contributed by atoms with Gasteiger partial charge in [-0.05, 0) is 6.07 Å². The fraction of sp³-hybridized carbons (Fsp3) is 0.500. The number of nitrogens with zero attached hydrogens (tertiary/aromatic N) is 2. The second kappa shape index (κ2) is 11.0. The van der Waals surface area contributed by atoms with Crippen LogP contribution in [0.2, 0.25) is 0 Å². The third-order valence-electron chi connectivity index (χ3n) is 4.40. The molecule has 1 aliphatic heterocycles. The van der Waals surface area contributed by atoms with Crippen molar-refractivity contribution in [3.05, 3.63) is 38.4 Å². The van der Waals surface area contributed by atoms with Crippen molar-refractivity contribution >= 4 is 50.9 Å². The van der Waals surface area contributed by atoms with Crippen molar-refractivity contribution in [3.63, 3.8) is 0 Å². The zero-order valence-corrected chi connectivity index (χ0v) is 19.2. The highest BCUT2D eigenvalue weighted by atomic mass is 79.9. The van der Waals surface area contributed by atoms with E-state index in [9.17, 15) is 34.6 Å². The SMILES string of the molecule is CC(=O)OC[C@H]1O[C@H](Br)[C@@H](Nc2ccc([N+](=O)[O-])cc2[N+](=O)[O-])[C@@H](OC(C)=O)[C@@H]1OC(C)=O. The summed E-state index contributed by atoms with van der Waals surface area (Å²) in [4.78, 5) is 55.6. The Hall–Kier alpha value is -3.33. The second-order valence-corrected chi connectivity index (χ2v) is 7.76. The van der Waals surface area contributed by atoms with Gasteiger partial charge >= 0.3 is 17.9 Å². The van der Waals surface area contributed by atoms with Gasteiger partial charge in [-0.25, -0.2) is 0 Å². The molecule has 0 aliphatic carbocycles. The van der Waals surface area contributed by atoms with Crippen molar-refractivity contribution in [1.82, 2.24) is 0 Å². The number of halogens is 1. The first kappa shape index (κ1) is 25.9. The van der Waals surface area contributed by atoms with E-state index in [-0.39, 0.29) is 12.3 Å². The molecule has 14 nitrogen and oxygen atoms in total. The lowest BCUT2D eigenvalue weighted by Crippen LogP contribution is -2.62. The van der Waals surface area contributed by atoms with Crippen LogP contribution < -0.4 is 5.32 Å². The highest BCUT2D eigenvalue weighted by molar-refractivity contribution is 9.09. The summed E-state index contributed by atoms with van der Waals surface area (Å²) in [7, 11) is 0. The van der Waals surface area contributed by atoms with Crippen LogP contribution in [-0.4, -0.2) is 63.7 Å². The molecule has 1 aliphatic rings. The van der Waals surface area contributed by atoms with Gasteiger partial charge in [-0.1, -0.05) is 15.9 Å². The molecule has 1 heterocycles. The van der Waals surface area contributed by atoms with Crippen molar-refractivity contribution in [1.29, 1.82) is 0 Å². The predicted octanol–water partition coefficient (Wildman–Crippen LogP) is 1.83. The molecule has 180 valence electrons. The zero-order chi connectivity index (χ0) is 24.9. The van der Waals surface area contributed by atoms with Crippen molar-refractivity contribution in [2.24, 2.45) is 0 Å². The molecular formula is C18H20BrN3O11. The number of carbonyl (C=O) groups excluding carboxylic acids is 3. The number of hydrogen-bond donors (Lipinski definition) is 1. The van der Waals surface area contributed by atoms with Crippen molar-refractivity contribution in [2.45, 2.75) is 50.1 Å². The van der Waals surface area contributed by atoms with Gasteiger partial charge in [0.1, 0.15) is 29.5 Å². The Morgan fingerprint density at radius 2 is 1.64 bits per heavy atom. The van der Waals surface area contributed by atoms with Gasteiger partial charge < -0.3 is 24.3 Å². The van der Waals surface area contributed by atoms with Crippen molar-refractivity contribution in [2.75, 3.05) is 11.9 Å². The highest BCUT2D eigenvalue weighted by Crippen LogP contribution is 2.35. The van der Waals surface area contributed by atoms with Crippen LogP contribution in [0.4, 0.5) is 17.1 Å². The van der Waals surface area contributed by atoms with Gasteiger partial charge in [0.2, 0.25) is 0 Å². The molecule has 1 fully saturated rings. The minimum absolute atomic E-state index is 0.138. The number of rotatable bonds is 8. The maximum absolute atomic E-state index is 11.8. The summed E-state index contributed by atoms with van der Waals surface area (Å²) < 4.78 is 21.3. The number of nitrogens with one attached hydrogen (secondary N) is 1. The highest BCUT2D eigenvalue weighted by Gasteiger charge is 2.50. The molecule has 0 bridgehead atoms. The van der Waals surface area contributed by atoms with Crippen LogP contribution in [0.3, 0.4) is 0 Å². The summed E-state index contributed by atoms with van der Waals surface area (Å²) in [5.41, 5.74) is -1.25. The Balaban J connectivity index is 2.46. The first-order chi connectivity index (χ1) is 15.4. The summed E-state index contributed by atoms with van der Waals surface area (Å²) >= 11 is 3.25. The molecule has 15 heteroatoms. The molecule has 1 saturated heterocycles. The number of alkyl halides is 1. The van der Waals surface area contributed by atoms with Crippen LogP contribution in [0.25, 0.3) is 0 Å². The Morgan fingerprint density at radius 3 is 2.15 bits per heavy atom. The maximum atomic E-state index is 11.8. The van der Waals surface area contributed by atoms with Gasteiger partial charge in [-0.15, -0.1) is 0 Å². The summed E-state index contributed by atoms with van der Waals surface area (Å²) in [5.74, 6) is -2.13. The third-order valence-corrected chi connectivity index (χ3v) is 5.18. The van der Waals surface area contributed by atoms with Gasteiger partial charge in [0.05, 0.1) is 15.9 Å². The monoisotopic (exact) mass is 533 g/mol. The molecule has 1 aromatic rings. The van der Waals surface area contributed by atoms with Gasteiger partial charge in [0, 0.05) is 26.8 Å². The lowest BCUT2D eigenvalue weighted by atomic mass is 9.97. The van der Waals surface area contributed by atoms with Gasteiger partial charge in [0.25, 0.3) is 11.4 Å². The van der Waals surface area contributed by atoms with Crippen LogP contribution in [0.1, 0.15) is 20.8 Å². The van der Waals surface area contributed by atoms with E-state index in [0.717, 1.165) is 39.0 Å². The first-order valence-corrected chi connectivity index (χ1v) is 10.3. The van der Waals surface area contributed by atoms with Crippen molar-refractivity contribution < 1.29 is 43.2 Å². The number of nitro groups is 2. The molecular weight excluding hydrogens is 514 g/mol. The van der Waals surface area contributed by atoms with Crippen LogP contribution in [0, 0.1) is 20.2 Å². The van der Waals surface area contributed by atoms with Crippen LogP contribution >= 0.6 is 15.9 Å². The quantitative estimate of drug-likeness (QED) is 0.168. The largest absolute Gasteiger partial charge is 0.463 e. The molecule has 5 atom stereocenters. The number of anilines is 1. The average Bonchev–Trinajstić information content (AvgIpc) is 2.70. The lowest BCUT2D eigenvalue weighted by Gasteiger charge is -2.43. The first-order valence-electron chi connectivity index (χ1n) is 9.37. The van der Waals surface area contributed by atoms with Crippen molar-refractivity contribution in [3.8, 4) is 0 Å². The predicted molar refractivity (Wildman–Crippen MR) is 112 cm³/mol. The number of esters is 3.